The van der Waals surface area contributed by atoms with Gasteiger partial charge in [-0.25, -0.2) is 0 Å². The molecule has 2 rings (SSSR count). The smallest absolute Gasteiger partial charge is 0.0991 e. The first-order valence-corrected chi connectivity index (χ1v) is 7.02. The van der Waals surface area contributed by atoms with Crippen LogP contribution in [-0.4, -0.2) is 29.3 Å². The lowest BCUT2D eigenvalue weighted by molar-refractivity contribution is -0.126. The Kier molecular flexibility index (Phi) is 4.91. The Morgan fingerprint density at radius 1 is 1.37 bits per heavy atom. The molecule has 0 radical (unpaired) electrons. The van der Waals surface area contributed by atoms with Crippen LogP contribution >= 0.6 is 0 Å². The molecule has 1 aromatic rings. The van der Waals surface area contributed by atoms with Crippen LogP contribution in [0.5, 0.6) is 0 Å². The van der Waals surface area contributed by atoms with Gasteiger partial charge in [0.05, 0.1) is 24.4 Å². The van der Waals surface area contributed by atoms with Crippen LogP contribution < -0.4 is 5.73 Å². The zero-order valence-corrected chi connectivity index (χ0v) is 12.0. The van der Waals surface area contributed by atoms with Crippen LogP contribution in [0, 0.1) is 0 Å². The average molecular weight is 264 g/mol. The predicted octanol–water partition coefficient (Wildman–Crippen LogP) is 2.44. The third-order valence-corrected chi connectivity index (χ3v) is 3.48. The van der Waals surface area contributed by atoms with Crippen molar-refractivity contribution < 1.29 is 9.47 Å². The van der Waals surface area contributed by atoms with Gasteiger partial charge in [-0.1, -0.05) is 6.07 Å². The Balaban J connectivity index is 2.05. The molecule has 4 atom stereocenters. The van der Waals surface area contributed by atoms with Crippen molar-refractivity contribution in [3.8, 4) is 0 Å². The quantitative estimate of drug-likeness (QED) is 0.907. The second-order valence-electron chi connectivity index (χ2n) is 5.55. The molecule has 0 spiro atoms. The molecule has 0 amide bonds. The lowest BCUT2D eigenvalue weighted by Crippen LogP contribution is -2.38. The maximum Gasteiger partial charge on any atom is 0.0991 e. The van der Waals surface area contributed by atoms with Crippen LogP contribution in [0.2, 0.25) is 0 Å². The number of hydrogen-bond donors (Lipinski definition) is 1. The maximum absolute atomic E-state index is 6.23. The van der Waals surface area contributed by atoms with Gasteiger partial charge in [0.15, 0.2) is 0 Å². The standard InChI is InChI=1S/C15H24N2O2/c1-10-7-14(8-11(2)18-10)19-15(12(3)16)13-5-4-6-17-9-13/h4-6,9-12,14-15H,7-8,16H2,1-3H3. The fourth-order valence-corrected chi connectivity index (χ4v) is 2.71. The molecule has 4 unspecified atom stereocenters. The van der Waals surface area contributed by atoms with E-state index in [9.17, 15) is 0 Å². The highest BCUT2D eigenvalue weighted by Gasteiger charge is 2.29. The third-order valence-electron chi connectivity index (χ3n) is 3.48. The van der Waals surface area contributed by atoms with Crippen molar-refractivity contribution >= 4 is 0 Å². The highest BCUT2D eigenvalue weighted by molar-refractivity contribution is 5.14. The Bertz CT molecular complexity index is 373. The second kappa shape index (κ2) is 6.46. The minimum Gasteiger partial charge on any atom is -0.375 e. The number of pyridine rings is 1. The summed E-state index contributed by atoms with van der Waals surface area (Å²) in [5, 5.41) is 0. The van der Waals surface area contributed by atoms with Crippen LogP contribution in [0.25, 0.3) is 0 Å². The highest BCUT2D eigenvalue weighted by atomic mass is 16.5. The first-order chi connectivity index (χ1) is 9.06. The summed E-state index contributed by atoms with van der Waals surface area (Å²) in [6.45, 7) is 6.16. The van der Waals surface area contributed by atoms with Crippen molar-refractivity contribution in [1.82, 2.24) is 4.98 Å². The van der Waals surface area contributed by atoms with Crippen molar-refractivity contribution in [3.63, 3.8) is 0 Å². The third kappa shape index (κ3) is 4.00. The van der Waals surface area contributed by atoms with Gasteiger partial charge in [0.25, 0.3) is 0 Å². The van der Waals surface area contributed by atoms with Crippen LogP contribution in [0.4, 0.5) is 0 Å². The lowest BCUT2D eigenvalue weighted by atomic mass is 10.0. The van der Waals surface area contributed by atoms with Crippen LogP contribution in [0.1, 0.15) is 45.3 Å². The molecule has 0 aliphatic carbocycles. The highest BCUT2D eigenvalue weighted by Crippen LogP contribution is 2.28. The molecule has 4 heteroatoms. The van der Waals surface area contributed by atoms with E-state index in [-0.39, 0.29) is 30.5 Å². The topological polar surface area (TPSA) is 57.4 Å². The minimum atomic E-state index is -0.101. The van der Waals surface area contributed by atoms with Crippen molar-refractivity contribution in [2.75, 3.05) is 0 Å². The van der Waals surface area contributed by atoms with Gasteiger partial charge in [-0.3, -0.25) is 4.98 Å². The predicted molar refractivity (Wildman–Crippen MR) is 74.7 cm³/mol. The van der Waals surface area contributed by atoms with Gasteiger partial charge in [0, 0.05) is 24.0 Å². The van der Waals surface area contributed by atoms with Gasteiger partial charge in [-0.2, -0.15) is 0 Å². The molecular weight excluding hydrogens is 240 g/mol. The first-order valence-electron chi connectivity index (χ1n) is 7.02. The Morgan fingerprint density at radius 3 is 2.58 bits per heavy atom. The van der Waals surface area contributed by atoms with Gasteiger partial charge in [0.2, 0.25) is 0 Å². The first kappa shape index (κ1) is 14.4. The van der Waals surface area contributed by atoms with E-state index in [1.54, 1.807) is 6.20 Å². The maximum atomic E-state index is 6.23. The molecule has 2 heterocycles. The summed E-state index contributed by atoms with van der Waals surface area (Å²) in [4.78, 5) is 4.15. The van der Waals surface area contributed by atoms with E-state index in [1.165, 1.54) is 0 Å². The Hall–Kier alpha value is -0.970. The molecule has 2 N–H and O–H groups in total. The summed E-state index contributed by atoms with van der Waals surface area (Å²) in [6.07, 6.45) is 6.04. The largest absolute Gasteiger partial charge is 0.375 e. The fourth-order valence-electron chi connectivity index (χ4n) is 2.71. The Morgan fingerprint density at radius 2 is 2.05 bits per heavy atom. The van der Waals surface area contributed by atoms with Crippen molar-refractivity contribution in [1.29, 1.82) is 0 Å². The van der Waals surface area contributed by atoms with Crippen LogP contribution in [0.3, 0.4) is 0 Å². The molecule has 1 aliphatic rings. The minimum absolute atomic E-state index is 0.0577. The molecular formula is C15H24N2O2. The summed E-state index contributed by atoms with van der Waals surface area (Å²) < 4.78 is 12.0. The summed E-state index contributed by atoms with van der Waals surface area (Å²) in [5.74, 6) is 0. The lowest BCUT2D eigenvalue weighted by Gasteiger charge is -2.35. The van der Waals surface area contributed by atoms with Crippen molar-refractivity contribution in [3.05, 3.63) is 30.1 Å². The van der Waals surface area contributed by atoms with E-state index in [0.717, 1.165) is 18.4 Å². The molecule has 0 aromatic carbocycles. The Labute approximate surface area is 115 Å². The molecule has 1 aliphatic heterocycles. The SMILES string of the molecule is CC1CC(OC(c2cccnc2)C(C)N)CC(C)O1. The van der Waals surface area contributed by atoms with Gasteiger partial charge < -0.3 is 15.2 Å². The zero-order chi connectivity index (χ0) is 13.8. The van der Waals surface area contributed by atoms with E-state index in [1.807, 2.05) is 25.3 Å². The van der Waals surface area contributed by atoms with E-state index >= 15 is 0 Å². The van der Waals surface area contributed by atoms with Crippen molar-refractivity contribution in [2.24, 2.45) is 5.73 Å². The summed E-state index contributed by atoms with van der Waals surface area (Å²) >= 11 is 0. The van der Waals surface area contributed by atoms with E-state index in [4.69, 9.17) is 15.2 Å². The molecule has 0 bridgehead atoms. The summed E-state index contributed by atoms with van der Waals surface area (Å²) in [5.41, 5.74) is 7.12. The van der Waals surface area contributed by atoms with Gasteiger partial charge in [-0.15, -0.1) is 0 Å². The summed E-state index contributed by atoms with van der Waals surface area (Å²) in [6, 6.07) is 3.88. The molecule has 1 aromatic heterocycles. The zero-order valence-electron chi connectivity index (χ0n) is 12.0. The number of ether oxygens (including phenoxy) is 2. The van der Waals surface area contributed by atoms with Gasteiger partial charge in [0.1, 0.15) is 0 Å². The average Bonchev–Trinajstić information content (AvgIpc) is 2.35. The van der Waals surface area contributed by atoms with E-state index in [2.05, 4.69) is 18.8 Å². The molecule has 1 fully saturated rings. The monoisotopic (exact) mass is 264 g/mol. The number of nitrogens with zero attached hydrogens (tertiary/aromatic N) is 1. The molecule has 1 saturated heterocycles. The second-order valence-corrected chi connectivity index (χ2v) is 5.55. The number of aromatic nitrogens is 1. The van der Waals surface area contributed by atoms with Crippen LogP contribution in [-0.2, 0) is 9.47 Å². The van der Waals surface area contributed by atoms with E-state index in [0.29, 0.717) is 0 Å². The molecule has 4 nitrogen and oxygen atoms in total. The normalized spacial score (nSPS) is 30.8. The number of hydrogen-bond acceptors (Lipinski definition) is 4. The van der Waals surface area contributed by atoms with Crippen LogP contribution in [0.15, 0.2) is 24.5 Å². The molecule has 19 heavy (non-hydrogen) atoms. The fraction of sp³-hybridized carbons (Fsp3) is 0.667. The number of nitrogens with two attached hydrogens (primary N) is 1. The molecule has 0 saturated carbocycles. The van der Waals surface area contributed by atoms with E-state index < -0.39 is 0 Å². The summed E-state index contributed by atoms with van der Waals surface area (Å²) in [7, 11) is 0. The number of rotatable bonds is 4. The van der Waals surface area contributed by atoms with Gasteiger partial charge in [-0.05, 0) is 39.7 Å². The van der Waals surface area contributed by atoms with Crippen molar-refractivity contribution in [2.45, 2.75) is 64.1 Å². The van der Waals surface area contributed by atoms with Gasteiger partial charge >= 0.3 is 0 Å². The molecule has 106 valence electrons.